The van der Waals surface area contributed by atoms with E-state index in [0.717, 1.165) is 30.7 Å². The number of benzene rings is 2. The highest BCUT2D eigenvalue weighted by atomic mass is 16.5. The van der Waals surface area contributed by atoms with Crippen LogP contribution >= 0.6 is 0 Å². The molecule has 1 atom stereocenters. The molecule has 1 aliphatic carbocycles. The highest BCUT2D eigenvalue weighted by Crippen LogP contribution is 2.32. The van der Waals surface area contributed by atoms with Crippen molar-refractivity contribution in [3.63, 3.8) is 0 Å². The smallest absolute Gasteiger partial charge is 0.265 e. The monoisotopic (exact) mass is 321 g/mol. The molecule has 0 radical (unpaired) electrons. The molecule has 0 saturated carbocycles. The Balaban J connectivity index is 1.45. The number of carbonyl (C=O) groups excluding carboxylic acids is 1. The molecule has 124 valence electrons. The van der Waals surface area contributed by atoms with Gasteiger partial charge in [0, 0.05) is 11.7 Å². The second kappa shape index (κ2) is 6.31. The van der Waals surface area contributed by atoms with Crippen molar-refractivity contribution in [2.45, 2.75) is 45.1 Å². The number of nitrogens with zero attached hydrogens (tertiary/aromatic N) is 1. The highest BCUT2D eigenvalue weighted by molar-refractivity contribution is 5.97. The van der Waals surface area contributed by atoms with Crippen LogP contribution in [0.25, 0.3) is 0 Å². The van der Waals surface area contributed by atoms with Crippen LogP contribution in [-0.4, -0.2) is 18.6 Å². The molecule has 24 heavy (non-hydrogen) atoms. The second-order valence-electron chi connectivity index (χ2n) is 6.87. The van der Waals surface area contributed by atoms with Gasteiger partial charge in [-0.3, -0.25) is 4.79 Å². The van der Waals surface area contributed by atoms with Gasteiger partial charge in [-0.2, -0.15) is 0 Å². The highest BCUT2D eigenvalue weighted by Gasteiger charge is 2.30. The van der Waals surface area contributed by atoms with Gasteiger partial charge in [0.15, 0.2) is 6.61 Å². The van der Waals surface area contributed by atoms with Gasteiger partial charge in [0.05, 0.1) is 0 Å². The van der Waals surface area contributed by atoms with Crippen LogP contribution in [0, 0.1) is 0 Å². The Morgan fingerprint density at radius 2 is 1.88 bits per heavy atom. The van der Waals surface area contributed by atoms with Crippen molar-refractivity contribution in [3.8, 4) is 5.75 Å². The standard InChI is InChI=1S/C21H23NO2/c1-15-12-18-8-4-5-9-20(18)22(15)21(23)14-24-19-11-10-16-6-2-3-7-17(16)13-19/h4-5,8-11,13,15H,2-3,6-7,12,14H2,1H3/t15-/m1/s1. The molecule has 2 aromatic rings. The molecule has 1 aliphatic heterocycles. The van der Waals surface area contributed by atoms with E-state index in [0.29, 0.717) is 0 Å². The molecular weight excluding hydrogens is 298 g/mol. The molecule has 2 aliphatic rings. The maximum Gasteiger partial charge on any atom is 0.265 e. The molecule has 0 bridgehead atoms. The van der Waals surface area contributed by atoms with Crippen LogP contribution in [0.5, 0.6) is 5.75 Å². The Morgan fingerprint density at radius 1 is 1.08 bits per heavy atom. The summed E-state index contributed by atoms with van der Waals surface area (Å²) in [5.74, 6) is 0.842. The predicted molar refractivity (Wildman–Crippen MR) is 95.7 cm³/mol. The molecule has 2 aromatic carbocycles. The third kappa shape index (κ3) is 2.79. The SMILES string of the molecule is C[C@@H]1Cc2ccccc2N1C(=O)COc1ccc2c(c1)CCCC2. The first-order chi connectivity index (χ1) is 11.7. The number of carbonyl (C=O) groups is 1. The summed E-state index contributed by atoms with van der Waals surface area (Å²) in [5, 5.41) is 0. The number of amides is 1. The van der Waals surface area contributed by atoms with Gasteiger partial charge in [0.25, 0.3) is 5.91 Å². The van der Waals surface area contributed by atoms with Gasteiger partial charge in [0.2, 0.25) is 0 Å². The molecule has 1 amide bonds. The van der Waals surface area contributed by atoms with Crippen LogP contribution in [0.3, 0.4) is 0 Å². The Hall–Kier alpha value is -2.29. The normalized spacial score (nSPS) is 18.9. The van der Waals surface area contributed by atoms with Gasteiger partial charge in [-0.25, -0.2) is 0 Å². The van der Waals surface area contributed by atoms with E-state index in [-0.39, 0.29) is 18.6 Å². The van der Waals surface area contributed by atoms with Crippen LogP contribution in [-0.2, 0) is 24.1 Å². The molecule has 3 heteroatoms. The van der Waals surface area contributed by atoms with Crippen LogP contribution in [0.15, 0.2) is 42.5 Å². The Kier molecular flexibility index (Phi) is 4.01. The summed E-state index contributed by atoms with van der Waals surface area (Å²) in [6.07, 6.45) is 5.73. The van der Waals surface area contributed by atoms with Crippen LogP contribution < -0.4 is 9.64 Å². The average Bonchev–Trinajstić information content (AvgIpc) is 2.95. The summed E-state index contributed by atoms with van der Waals surface area (Å²) >= 11 is 0. The van der Waals surface area contributed by atoms with Crippen molar-refractivity contribution in [2.75, 3.05) is 11.5 Å². The Labute approximate surface area is 143 Å². The largest absolute Gasteiger partial charge is 0.484 e. The van der Waals surface area contributed by atoms with Gasteiger partial charge in [-0.1, -0.05) is 24.3 Å². The molecule has 0 N–H and O–H groups in total. The molecule has 3 nitrogen and oxygen atoms in total. The summed E-state index contributed by atoms with van der Waals surface area (Å²) in [6, 6.07) is 14.6. The minimum Gasteiger partial charge on any atom is -0.484 e. The molecule has 0 aromatic heterocycles. The average molecular weight is 321 g/mol. The van der Waals surface area contributed by atoms with Gasteiger partial charge in [-0.05, 0) is 73.9 Å². The van der Waals surface area contributed by atoms with Crippen molar-refractivity contribution in [2.24, 2.45) is 0 Å². The number of rotatable bonds is 3. The van der Waals surface area contributed by atoms with Crippen LogP contribution in [0.2, 0.25) is 0 Å². The fourth-order valence-electron chi connectivity index (χ4n) is 3.96. The first-order valence-electron chi connectivity index (χ1n) is 8.87. The molecule has 0 saturated heterocycles. The summed E-state index contributed by atoms with van der Waals surface area (Å²) in [7, 11) is 0. The zero-order chi connectivity index (χ0) is 16.5. The third-order valence-corrected chi connectivity index (χ3v) is 5.16. The Bertz CT molecular complexity index is 768. The summed E-state index contributed by atoms with van der Waals surface area (Å²) in [5.41, 5.74) is 5.09. The number of ether oxygens (including phenoxy) is 1. The zero-order valence-corrected chi connectivity index (χ0v) is 14.1. The fraction of sp³-hybridized carbons (Fsp3) is 0.381. The van der Waals surface area contributed by atoms with E-state index in [2.05, 4.69) is 25.1 Å². The van der Waals surface area contributed by atoms with E-state index in [4.69, 9.17) is 4.74 Å². The quantitative estimate of drug-likeness (QED) is 0.857. The molecule has 0 fully saturated rings. The third-order valence-electron chi connectivity index (χ3n) is 5.16. The van der Waals surface area contributed by atoms with E-state index in [1.807, 2.05) is 29.2 Å². The van der Waals surface area contributed by atoms with E-state index in [9.17, 15) is 4.79 Å². The lowest BCUT2D eigenvalue weighted by atomic mass is 9.92. The lowest BCUT2D eigenvalue weighted by molar-refractivity contribution is -0.120. The number of fused-ring (bicyclic) bond motifs is 2. The van der Waals surface area contributed by atoms with Gasteiger partial charge in [-0.15, -0.1) is 0 Å². The van der Waals surface area contributed by atoms with Crippen molar-refractivity contribution in [3.05, 3.63) is 59.2 Å². The maximum atomic E-state index is 12.7. The number of para-hydroxylation sites is 1. The molecular formula is C21H23NO2. The van der Waals surface area contributed by atoms with Crippen LogP contribution in [0.1, 0.15) is 36.5 Å². The topological polar surface area (TPSA) is 29.5 Å². The zero-order valence-electron chi connectivity index (χ0n) is 14.1. The van der Waals surface area contributed by atoms with Gasteiger partial charge >= 0.3 is 0 Å². The molecule has 0 unspecified atom stereocenters. The van der Waals surface area contributed by atoms with E-state index < -0.39 is 0 Å². The number of anilines is 1. The maximum absolute atomic E-state index is 12.7. The van der Waals surface area contributed by atoms with E-state index in [1.54, 1.807) is 0 Å². The van der Waals surface area contributed by atoms with Gasteiger partial charge < -0.3 is 9.64 Å². The molecule has 1 heterocycles. The van der Waals surface area contributed by atoms with Crippen molar-refractivity contribution < 1.29 is 9.53 Å². The summed E-state index contributed by atoms with van der Waals surface area (Å²) < 4.78 is 5.82. The van der Waals surface area contributed by atoms with Crippen molar-refractivity contribution >= 4 is 11.6 Å². The van der Waals surface area contributed by atoms with Crippen molar-refractivity contribution in [1.82, 2.24) is 0 Å². The van der Waals surface area contributed by atoms with E-state index in [1.165, 1.54) is 29.5 Å². The lowest BCUT2D eigenvalue weighted by Crippen LogP contribution is -2.39. The van der Waals surface area contributed by atoms with Gasteiger partial charge in [0.1, 0.15) is 5.75 Å². The predicted octanol–water partition coefficient (Wildman–Crippen LogP) is 3.92. The summed E-state index contributed by atoms with van der Waals surface area (Å²) in [4.78, 5) is 14.6. The second-order valence-corrected chi connectivity index (χ2v) is 6.87. The number of aryl methyl sites for hydroxylation is 2. The first kappa shape index (κ1) is 15.3. The molecule has 0 spiro atoms. The minimum absolute atomic E-state index is 0.0326. The van der Waals surface area contributed by atoms with E-state index >= 15 is 0 Å². The Morgan fingerprint density at radius 3 is 2.75 bits per heavy atom. The first-order valence-corrected chi connectivity index (χ1v) is 8.87. The summed E-state index contributed by atoms with van der Waals surface area (Å²) in [6.45, 7) is 2.19. The fourth-order valence-corrected chi connectivity index (χ4v) is 3.96. The minimum atomic E-state index is 0.0326. The van der Waals surface area contributed by atoms with Crippen molar-refractivity contribution in [1.29, 1.82) is 0 Å². The number of hydrogen-bond acceptors (Lipinski definition) is 2. The van der Waals surface area contributed by atoms with Crippen LogP contribution in [0.4, 0.5) is 5.69 Å². The lowest BCUT2D eigenvalue weighted by Gasteiger charge is -2.23. The molecule has 4 rings (SSSR count). The number of hydrogen-bond donors (Lipinski definition) is 0.